The SMILES string of the molecule is Cc1ccccc1CN1CCN(C(=O)c2ccnn2C)CCC1=O. The lowest BCUT2D eigenvalue weighted by Gasteiger charge is -2.23. The first-order chi connectivity index (χ1) is 11.6. The highest BCUT2D eigenvalue weighted by molar-refractivity contribution is 5.93. The van der Waals surface area contributed by atoms with Crippen LogP contribution in [-0.4, -0.2) is 51.0 Å². The van der Waals surface area contributed by atoms with E-state index in [1.54, 1.807) is 28.9 Å². The number of benzene rings is 1. The van der Waals surface area contributed by atoms with Crippen LogP contribution < -0.4 is 0 Å². The average molecular weight is 326 g/mol. The maximum atomic E-state index is 12.6. The number of hydrogen-bond donors (Lipinski definition) is 0. The summed E-state index contributed by atoms with van der Waals surface area (Å²) in [6.45, 7) is 4.20. The summed E-state index contributed by atoms with van der Waals surface area (Å²) in [6.07, 6.45) is 1.97. The summed E-state index contributed by atoms with van der Waals surface area (Å²) in [5.41, 5.74) is 2.88. The Hall–Kier alpha value is -2.63. The predicted octanol–water partition coefficient (Wildman–Crippen LogP) is 1.60. The summed E-state index contributed by atoms with van der Waals surface area (Å²) in [7, 11) is 1.75. The molecule has 0 atom stereocenters. The van der Waals surface area contributed by atoms with Crippen molar-refractivity contribution in [3.05, 3.63) is 53.3 Å². The van der Waals surface area contributed by atoms with E-state index in [-0.39, 0.29) is 11.8 Å². The van der Waals surface area contributed by atoms with E-state index in [4.69, 9.17) is 0 Å². The van der Waals surface area contributed by atoms with Gasteiger partial charge in [-0.1, -0.05) is 24.3 Å². The molecule has 0 aliphatic carbocycles. The molecule has 0 N–H and O–H groups in total. The minimum atomic E-state index is -0.0689. The summed E-state index contributed by atoms with van der Waals surface area (Å²) < 4.78 is 1.57. The van der Waals surface area contributed by atoms with E-state index >= 15 is 0 Å². The van der Waals surface area contributed by atoms with Crippen molar-refractivity contribution in [3.8, 4) is 0 Å². The molecule has 6 nitrogen and oxygen atoms in total. The molecule has 126 valence electrons. The summed E-state index contributed by atoms with van der Waals surface area (Å²) >= 11 is 0. The first-order valence-electron chi connectivity index (χ1n) is 8.16. The molecular formula is C18H22N4O2. The number of carbonyl (C=O) groups is 2. The van der Waals surface area contributed by atoms with Gasteiger partial charge in [-0.3, -0.25) is 14.3 Å². The molecule has 0 spiro atoms. The van der Waals surface area contributed by atoms with Gasteiger partial charge in [-0.2, -0.15) is 5.10 Å². The van der Waals surface area contributed by atoms with Crippen LogP contribution in [0.3, 0.4) is 0 Å². The molecule has 1 aromatic heterocycles. The first kappa shape index (κ1) is 16.2. The van der Waals surface area contributed by atoms with Crippen LogP contribution in [0.4, 0.5) is 0 Å². The molecule has 1 fully saturated rings. The van der Waals surface area contributed by atoms with E-state index in [9.17, 15) is 9.59 Å². The zero-order valence-electron chi connectivity index (χ0n) is 14.1. The lowest BCUT2D eigenvalue weighted by Crippen LogP contribution is -2.36. The Morgan fingerprint density at radius 3 is 2.67 bits per heavy atom. The van der Waals surface area contributed by atoms with Crippen molar-refractivity contribution < 1.29 is 9.59 Å². The fraction of sp³-hybridized carbons (Fsp3) is 0.389. The van der Waals surface area contributed by atoms with E-state index < -0.39 is 0 Å². The van der Waals surface area contributed by atoms with Crippen LogP contribution in [0.2, 0.25) is 0 Å². The van der Waals surface area contributed by atoms with Crippen LogP contribution in [0.5, 0.6) is 0 Å². The topological polar surface area (TPSA) is 58.4 Å². The predicted molar refractivity (Wildman–Crippen MR) is 90.3 cm³/mol. The Morgan fingerprint density at radius 2 is 1.96 bits per heavy atom. The monoisotopic (exact) mass is 326 g/mol. The van der Waals surface area contributed by atoms with Crippen LogP contribution in [0.15, 0.2) is 36.5 Å². The number of amides is 2. The van der Waals surface area contributed by atoms with E-state index in [2.05, 4.69) is 18.1 Å². The van der Waals surface area contributed by atoms with Crippen molar-refractivity contribution in [2.45, 2.75) is 19.9 Å². The second-order valence-electron chi connectivity index (χ2n) is 6.12. The summed E-state index contributed by atoms with van der Waals surface area (Å²) in [6, 6.07) is 9.79. The normalized spacial score (nSPS) is 15.5. The van der Waals surface area contributed by atoms with Gasteiger partial charge in [0.1, 0.15) is 5.69 Å². The molecule has 1 aliphatic heterocycles. The van der Waals surface area contributed by atoms with Crippen molar-refractivity contribution in [3.63, 3.8) is 0 Å². The molecule has 0 radical (unpaired) electrons. The zero-order valence-corrected chi connectivity index (χ0v) is 14.1. The quantitative estimate of drug-likeness (QED) is 0.861. The van der Waals surface area contributed by atoms with Gasteiger partial charge >= 0.3 is 0 Å². The van der Waals surface area contributed by atoms with Crippen molar-refractivity contribution in [1.29, 1.82) is 0 Å². The Balaban J connectivity index is 1.69. The molecular weight excluding hydrogens is 304 g/mol. The molecule has 24 heavy (non-hydrogen) atoms. The largest absolute Gasteiger partial charge is 0.337 e. The van der Waals surface area contributed by atoms with Crippen LogP contribution in [0, 0.1) is 6.92 Å². The van der Waals surface area contributed by atoms with E-state index in [1.807, 2.05) is 23.1 Å². The standard InChI is InChI=1S/C18H22N4O2/c1-14-5-3-4-6-15(14)13-22-12-11-21(10-8-17(22)23)18(24)16-7-9-19-20(16)2/h3-7,9H,8,10-13H2,1-2H3. The van der Waals surface area contributed by atoms with Gasteiger partial charge in [-0.15, -0.1) is 0 Å². The third kappa shape index (κ3) is 3.32. The van der Waals surface area contributed by atoms with Crippen LogP contribution >= 0.6 is 0 Å². The fourth-order valence-electron chi connectivity index (χ4n) is 2.98. The zero-order chi connectivity index (χ0) is 17.1. The first-order valence-corrected chi connectivity index (χ1v) is 8.16. The maximum Gasteiger partial charge on any atom is 0.272 e. The second-order valence-corrected chi connectivity index (χ2v) is 6.12. The lowest BCUT2D eigenvalue weighted by atomic mass is 10.1. The number of aryl methyl sites for hydroxylation is 2. The Morgan fingerprint density at radius 1 is 1.17 bits per heavy atom. The van der Waals surface area contributed by atoms with Crippen LogP contribution in [0.1, 0.15) is 28.0 Å². The number of rotatable bonds is 3. The molecule has 1 aromatic carbocycles. The molecule has 1 aliphatic rings. The van der Waals surface area contributed by atoms with Crippen molar-refractivity contribution >= 4 is 11.8 Å². The molecule has 0 bridgehead atoms. The highest BCUT2D eigenvalue weighted by Gasteiger charge is 2.25. The lowest BCUT2D eigenvalue weighted by molar-refractivity contribution is -0.130. The number of carbonyl (C=O) groups excluding carboxylic acids is 2. The summed E-state index contributed by atoms with van der Waals surface area (Å²) in [4.78, 5) is 28.6. The minimum Gasteiger partial charge on any atom is -0.337 e. The Labute approximate surface area is 141 Å². The number of aromatic nitrogens is 2. The van der Waals surface area contributed by atoms with Gasteiger partial charge in [0.05, 0.1) is 0 Å². The maximum absolute atomic E-state index is 12.6. The van der Waals surface area contributed by atoms with Crippen molar-refractivity contribution in [2.75, 3.05) is 19.6 Å². The third-order valence-corrected chi connectivity index (χ3v) is 4.54. The van der Waals surface area contributed by atoms with E-state index in [0.29, 0.717) is 38.3 Å². The molecule has 6 heteroatoms. The second kappa shape index (κ2) is 6.86. The van der Waals surface area contributed by atoms with Gasteiger partial charge in [0.25, 0.3) is 5.91 Å². The fourth-order valence-corrected chi connectivity index (χ4v) is 2.98. The number of nitrogens with zero attached hydrogens (tertiary/aromatic N) is 4. The molecule has 1 saturated heterocycles. The number of hydrogen-bond acceptors (Lipinski definition) is 3. The van der Waals surface area contributed by atoms with Gasteiger partial charge in [0, 0.05) is 45.8 Å². The molecule has 0 saturated carbocycles. The molecule has 2 aromatic rings. The average Bonchev–Trinajstić information content (AvgIpc) is 2.91. The Kier molecular flexibility index (Phi) is 4.64. The minimum absolute atomic E-state index is 0.0689. The highest BCUT2D eigenvalue weighted by Crippen LogP contribution is 2.15. The van der Waals surface area contributed by atoms with Gasteiger partial charge in [-0.05, 0) is 24.1 Å². The molecule has 0 unspecified atom stereocenters. The van der Waals surface area contributed by atoms with Crippen LogP contribution in [0.25, 0.3) is 0 Å². The Bertz CT molecular complexity index is 753. The van der Waals surface area contributed by atoms with Crippen molar-refractivity contribution in [1.82, 2.24) is 19.6 Å². The van der Waals surface area contributed by atoms with E-state index in [1.165, 1.54) is 5.56 Å². The molecule has 3 rings (SSSR count). The van der Waals surface area contributed by atoms with Crippen LogP contribution in [-0.2, 0) is 18.4 Å². The van der Waals surface area contributed by atoms with E-state index in [0.717, 1.165) is 5.56 Å². The van der Waals surface area contributed by atoms with Gasteiger partial charge in [0.15, 0.2) is 0 Å². The third-order valence-electron chi connectivity index (χ3n) is 4.54. The van der Waals surface area contributed by atoms with Gasteiger partial charge in [0.2, 0.25) is 5.91 Å². The smallest absolute Gasteiger partial charge is 0.272 e. The summed E-state index contributed by atoms with van der Waals surface area (Å²) in [5, 5.41) is 4.04. The van der Waals surface area contributed by atoms with Crippen molar-refractivity contribution in [2.24, 2.45) is 7.05 Å². The molecule has 2 heterocycles. The molecule has 2 amide bonds. The summed E-state index contributed by atoms with van der Waals surface area (Å²) in [5.74, 6) is 0.0269. The van der Waals surface area contributed by atoms with Gasteiger partial charge in [-0.25, -0.2) is 0 Å². The van der Waals surface area contributed by atoms with Gasteiger partial charge < -0.3 is 9.80 Å². The highest BCUT2D eigenvalue weighted by atomic mass is 16.2.